The van der Waals surface area contributed by atoms with Gasteiger partial charge in [0.05, 0.1) is 5.69 Å². The number of aliphatic carboxylic acids is 2. The zero-order valence-electron chi connectivity index (χ0n) is 25.3. The van der Waals surface area contributed by atoms with Gasteiger partial charge in [0.15, 0.2) is 0 Å². The molecule has 45 heavy (non-hydrogen) atoms. The van der Waals surface area contributed by atoms with E-state index in [4.69, 9.17) is 30.5 Å². The number of hydrogen-bond donors (Lipinski definition) is 3. The van der Waals surface area contributed by atoms with Gasteiger partial charge in [-0.3, -0.25) is 4.98 Å². The fourth-order valence-electron chi connectivity index (χ4n) is 5.36. The maximum atomic E-state index is 10.6. The van der Waals surface area contributed by atoms with Gasteiger partial charge in [-0.1, -0.05) is 64.1 Å². The lowest BCUT2D eigenvalue weighted by Crippen LogP contribution is -2.43. The van der Waals surface area contributed by atoms with Crippen molar-refractivity contribution in [1.29, 1.82) is 0 Å². The van der Waals surface area contributed by atoms with Crippen LogP contribution in [0.15, 0.2) is 60.8 Å². The van der Waals surface area contributed by atoms with E-state index in [0.29, 0.717) is 0 Å². The van der Waals surface area contributed by atoms with Crippen LogP contribution in [0.2, 0.25) is 0 Å². The fraction of sp³-hybridized carbons (Fsp3) is 0.424. The maximum Gasteiger partial charge on any atom is 0.490 e. The van der Waals surface area contributed by atoms with Crippen LogP contribution in [0.3, 0.4) is 0 Å². The van der Waals surface area contributed by atoms with Crippen LogP contribution in [0.1, 0.15) is 76.5 Å². The summed E-state index contributed by atoms with van der Waals surface area (Å²) in [5.74, 6) is -5.51. The molecule has 0 aliphatic heterocycles. The van der Waals surface area contributed by atoms with Crippen molar-refractivity contribution in [2.24, 2.45) is 5.73 Å². The summed E-state index contributed by atoms with van der Waals surface area (Å²) in [6.45, 7) is 9.50. The van der Waals surface area contributed by atoms with Gasteiger partial charge in [0, 0.05) is 17.3 Å². The van der Waals surface area contributed by atoms with Gasteiger partial charge in [0.2, 0.25) is 0 Å². The van der Waals surface area contributed by atoms with Crippen molar-refractivity contribution in [3.63, 3.8) is 0 Å². The Labute approximate surface area is 257 Å². The Bertz CT molecular complexity index is 1500. The molecule has 0 spiro atoms. The number of aromatic nitrogens is 1. The number of benzene rings is 2. The molecule has 12 heteroatoms. The third-order valence-corrected chi connectivity index (χ3v) is 8.43. The van der Waals surface area contributed by atoms with Crippen LogP contribution in [0.5, 0.6) is 0 Å². The van der Waals surface area contributed by atoms with Crippen molar-refractivity contribution in [2.75, 3.05) is 0 Å². The fourth-order valence-corrected chi connectivity index (χ4v) is 5.36. The van der Waals surface area contributed by atoms with Gasteiger partial charge in [-0.25, -0.2) is 9.59 Å². The lowest BCUT2D eigenvalue weighted by atomic mass is 9.63. The first-order chi connectivity index (χ1) is 20.6. The summed E-state index contributed by atoms with van der Waals surface area (Å²) >= 11 is 0. The number of rotatable bonds is 3. The quantitative estimate of drug-likeness (QED) is 0.249. The molecule has 2 aliphatic carbocycles. The Morgan fingerprint density at radius 1 is 0.689 bits per heavy atom. The third kappa shape index (κ3) is 8.62. The number of halogens is 6. The minimum Gasteiger partial charge on any atom is -0.475 e. The highest BCUT2D eigenvalue weighted by Crippen LogP contribution is 2.47. The Morgan fingerprint density at radius 3 is 1.60 bits per heavy atom. The Hall–Kier alpha value is -3.93. The number of hydrogen-bond acceptors (Lipinski definition) is 4. The van der Waals surface area contributed by atoms with E-state index < -0.39 is 24.3 Å². The number of nitrogens with two attached hydrogens (primary N) is 1. The average molecular weight is 639 g/mol. The van der Waals surface area contributed by atoms with Crippen molar-refractivity contribution in [1.82, 2.24) is 4.98 Å². The molecule has 0 amide bonds. The molecule has 2 aromatic carbocycles. The van der Waals surface area contributed by atoms with Crippen LogP contribution in [-0.2, 0) is 26.0 Å². The molecular formula is C33H36F6N2O4. The van der Waals surface area contributed by atoms with Gasteiger partial charge in [-0.05, 0) is 89.0 Å². The number of fused-ring (bicyclic) bond motifs is 1. The molecule has 3 aromatic rings. The Morgan fingerprint density at radius 2 is 1.16 bits per heavy atom. The predicted molar refractivity (Wildman–Crippen MR) is 157 cm³/mol. The number of nitrogens with zero attached hydrogens (tertiary/aromatic N) is 1. The topological polar surface area (TPSA) is 114 Å². The lowest BCUT2D eigenvalue weighted by molar-refractivity contribution is -0.193. The summed E-state index contributed by atoms with van der Waals surface area (Å²) in [6.07, 6.45) is -2.35. The summed E-state index contributed by atoms with van der Waals surface area (Å²) in [7, 11) is 0. The molecule has 244 valence electrons. The zero-order chi connectivity index (χ0) is 34.0. The molecule has 0 unspecified atom stereocenters. The monoisotopic (exact) mass is 638 g/mol. The van der Waals surface area contributed by atoms with Crippen molar-refractivity contribution in [3.8, 4) is 22.4 Å². The summed E-state index contributed by atoms with van der Waals surface area (Å²) in [5, 5.41) is 14.2. The minimum absolute atomic E-state index is 0.106. The summed E-state index contributed by atoms with van der Waals surface area (Å²) < 4.78 is 63.5. The van der Waals surface area contributed by atoms with Crippen LogP contribution >= 0.6 is 0 Å². The van der Waals surface area contributed by atoms with E-state index in [1.165, 1.54) is 52.6 Å². The van der Waals surface area contributed by atoms with Crippen molar-refractivity contribution >= 4 is 11.9 Å². The first-order valence-corrected chi connectivity index (χ1v) is 14.2. The molecule has 2 aliphatic rings. The Balaban J connectivity index is 0.000000331. The van der Waals surface area contributed by atoms with E-state index >= 15 is 0 Å². The summed E-state index contributed by atoms with van der Waals surface area (Å²) in [4.78, 5) is 22.5. The predicted octanol–water partition coefficient (Wildman–Crippen LogP) is 8.37. The smallest absolute Gasteiger partial charge is 0.475 e. The van der Waals surface area contributed by atoms with Crippen LogP contribution in [0, 0.1) is 0 Å². The largest absolute Gasteiger partial charge is 0.490 e. The second-order valence-electron chi connectivity index (χ2n) is 12.7. The zero-order valence-corrected chi connectivity index (χ0v) is 25.3. The standard InChI is InChI=1S/C29H34N2.2C2HF3O2/c1-27(2)15-16-28(3,4)25-18-22(8-11-24(25)27)26-19-21(12-17-31-26)20-6-9-23(10-7-20)29(30)13-5-14-29;2*3-2(4,5)1(6)7/h6-12,17-19H,5,13-16,30H2,1-4H3;2*(H,6,7). The van der Waals surface area contributed by atoms with Crippen LogP contribution in [-0.4, -0.2) is 39.5 Å². The molecule has 0 atom stereocenters. The number of carboxylic acids is 2. The second-order valence-corrected chi connectivity index (χ2v) is 12.7. The molecular weight excluding hydrogens is 602 g/mol. The van der Waals surface area contributed by atoms with Gasteiger partial charge in [-0.15, -0.1) is 0 Å². The van der Waals surface area contributed by atoms with Gasteiger partial charge >= 0.3 is 24.3 Å². The molecule has 4 N–H and O–H groups in total. The van der Waals surface area contributed by atoms with E-state index in [1.807, 2.05) is 6.20 Å². The summed E-state index contributed by atoms with van der Waals surface area (Å²) in [6, 6.07) is 20.1. The van der Waals surface area contributed by atoms with Crippen LogP contribution in [0.25, 0.3) is 22.4 Å². The van der Waals surface area contributed by atoms with E-state index in [9.17, 15) is 26.3 Å². The summed E-state index contributed by atoms with van der Waals surface area (Å²) in [5.41, 5.74) is 15.7. The van der Waals surface area contributed by atoms with Gasteiger partial charge in [0.25, 0.3) is 0 Å². The van der Waals surface area contributed by atoms with Gasteiger partial charge in [0.1, 0.15) is 0 Å². The first-order valence-electron chi connectivity index (χ1n) is 14.2. The average Bonchev–Trinajstić information content (AvgIpc) is 2.94. The van der Waals surface area contributed by atoms with Crippen LogP contribution < -0.4 is 5.73 Å². The van der Waals surface area contributed by atoms with Crippen molar-refractivity contribution in [2.45, 2.75) is 88.5 Å². The van der Waals surface area contributed by atoms with E-state index in [2.05, 4.69) is 82.3 Å². The second kappa shape index (κ2) is 12.8. The number of pyridine rings is 1. The number of carbonyl (C=O) groups is 2. The minimum atomic E-state index is -5.08. The van der Waals surface area contributed by atoms with Crippen molar-refractivity contribution in [3.05, 3.63) is 77.5 Å². The normalized spacial score (nSPS) is 17.7. The number of alkyl halides is 6. The Kier molecular flexibility index (Phi) is 10.1. The molecule has 1 saturated carbocycles. The highest BCUT2D eigenvalue weighted by atomic mass is 19.4. The van der Waals surface area contributed by atoms with E-state index in [-0.39, 0.29) is 16.4 Å². The van der Waals surface area contributed by atoms with E-state index in [1.54, 1.807) is 0 Å². The number of carboxylic acid groups (broad SMARTS) is 2. The molecule has 0 saturated heterocycles. The lowest BCUT2D eigenvalue weighted by Gasteiger charge is -2.42. The molecule has 1 heterocycles. The molecule has 1 fully saturated rings. The first kappa shape index (κ1) is 35.5. The third-order valence-electron chi connectivity index (χ3n) is 8.43. The maximum absolute atomic E-state index is 10.6. The van der Waals surface area contributed by atoms with Crippen LogP contribution in [0.4, 0.5) is 26.3 Å². The molecule has 0 bridgehead atoms. The molecule has 6 nitrogen and oxygen atoms in total. The molecule has 5 rings (SSSR count). The van der Waals surface area contributed by atoms with Crippen molar-refractivity contribution < 1.29 is 46.1 Å². The van der Waals surface area contributed by atoms with Gasteiger partial charge < -0.3 is 15.9 Å². The molecule has 1 aromatic heterocycles. The molecule has 0 radical (unpaired) electrons. The van der Waals surface area contributed by atoms with Gasteiger partial charge in [-0.2, -0.15) is 26.3 Å². The SMILES string of the molecule is CC1(C)CCC(C)(C)c2cc(-c3cc(-c4ccc(C5(N)CCC5)cc4)ccn3)ccc21.O=C(O)C(F)(F)F.O=C(O)C(F)(F)F. The highest BCUT2D eigenvalue weighted by molar-refractivity contribution is 5.73. The highest BCUT2D eigenvalue weighted by Gasteiger charge is 2.39. The van der Waals surface area contributed by atoms with E-state index in [0.717, 1.165) is 18.5 Å².